The third-order valence-electron chi connectivity index (χ3n) is 2.44. The highest BCUT2D eigenvalue weighted by atomic mass is 15.1. The number of unbranched alkanes of at least 4 members (excludes halogenated alkanes) is 1. The molecule has 0 aliphatic rings. The lowest BCUT2D eigenvalue weighted by Crippen LogP contribution is -2.40. The van der Waals surface area contributed by atoms with Crippen LogP contribution in [0.4, 0.5) is 0 Å². The number of nitrogens with one attached hydrogen (secondary N) is 1. The van der Waals surface area contributed by atoms with Crippen LogP contribution in [0.2, 0.25) is 0 Å². The Balaban J connectivity index is 3.50. The topological polar surface area (TPSA) is 15.3 Å². The minimum atomic E-state index is 0.599. The maximum absolute atomic E-state index is 3.46. The van der Waals surface area contributed by atoms with Crippen molar-refractivity contribution in [3.8, 4) is 0 Å². The first-order valence-electron chi connectivity index (χ1n) is 5.51. The van der Waals surface area contributed by atoms with Crippen molar-refractivity contribution in [1.82, 2.24) is 10.2 Å². The molecule has 0 radical (unpaired) electrons. The summed E-state index contributed by atoms with van der Waals surface area (Å²) in [6.45, 7) is 11.2. The maximum Gasteiger partial charge on any atom is 0.0189 e. The fourth-order valence-corrected chi connectivity index (χ4v) is 1.19. The van der Waals surface area contributed by atoms with E-state index in [1.165, 1.54) is 19.4 Å². The van der Waals surface area contributed by atoms with E-state index >= 15 is 0 Å². The van der Waals surface area contributed by atoms with E-state index in [1.807, 2.05) is 0 Å². The van der Waals surface area contributed by atoms with Crippen molar-refractivity contribution in [2.75, 3.05) is 20.1 Å². The summed E-state index contributed by atoms with van der Waals surface area (Å²) >= 11 is 0. The van der Waals surface area contributed by atoms with Crippen LogP contribution in [0.25, 0.3) is 0 Å². The Morgan fingerprint density at radius 3 is 2.31 bits per heavy atom. The first-order chi connectivity index (χ1) is 6.07. The van der Waals surface area contributed by atoms with Crippen LogP contribution in [0.1, 0.15) is 40.5 Å². The van der Waals surface area contributed by atoms with Gasteiger partial charge in [-0.1, -0.05) is 27.2 Å². The van der Waals surface area contributed by atoms with Gasteiger partial charge in [0.25, 0.3) is 0 Å². The first kappa shape index (κ1) is 12.9. The normalized spacial score (nSPS) is 14.1. The summed E-state index contributed by atoms with van der Waals surface area (Å²) in [5.74, 6) is 0. The Hall–Kier alpha value is -0.0800. The van der Waals surface area contributed by atoms with Crippen LogP contribution in [0.5, 0.6) is 0 Å². The Bertz CT molecular complexity index is 113. The molecule has 0 aromatic heterocycles. The molecular weight excluding hydrogens is 160 g/mol. The molecule has 0 amide bonds. The molecule has 0 fully saturated rings. The Morgan fingerprint density at radius 2 is 1.85 bits per heavy atom. The molecule has 0 aliphatic heterocycles. The summed E-state index contributed by atoms with van der Waals surface area (Å²) in [7, 11) is 2.21. The molecule has 2 heteroatoms. The number of likely N-dealkylation sites (N-methyl/N-ethyl adjacent to an activating group) is 1. The zero-order chi connectivity index (χ0) is 10.3. The van der Waals surface area contributed by atoms with Gasteiger partial charge < -0.3 is 10.2 Å². The van der Waals surface area contributed by atoms with Gasteiger partial charge in [-0.25, -0.2) is 0 Å². The van der Waals surface area contributed by atoms with Gasteiger partial charge in [0.2, 0.25) is 0 Å². The molecule has 0 saturated carbocycles. The van der Waals surface area contributed by atoms with Gasteiger partial charge in [0.15, 0.2) is 0 Å². The van der Waals surface area contributed by atoms with E-state index in [1.54, 1.807) is 0 Å². The summed E-state index contributed by atoms with van der Waals surface area (Å²) in [5, 5.41) is 3.46. The summed E-state index contributed by atoms with van der Waals surface area (Å²) in [5.41, 5.74) is 0. The van der Waals surface area contributed by atoms with Crippen LogP contribution in [0, 0.1) is 0 Å². The van der Waals surface area contributed by atoms with Crippen LogP contribution >= 0.6 is 0 Å². The van der Waals surface area contributed by atoms with Crippen molar-refractivity contribution in [1.29, 1.82) is 0 Å². The number of hydrogen-bond donors (Lipinski definition) is 1. The first-order valence-corrected chi connectivity index (χ1v) is 5.51. The molecule has 2 nitrogen and oxygen atoms in total. The molecule has 0 rings (SSSR count). The number of hydrogen-bond acceptors (Lipinski definition) is 2. The maximum atomic E-state index is 3.46. The fourth-order valence-electron chi connectivity index (χ4n) is 1.19. The summed E-state index contributed by atoms with van der Waals surface area (Å²) in [6.07, 6.45) is 2.59. The molecule has 0 saturated heterocycles. The number of rotatable bonds is 7. The Morgan fingerprint density at radius 1 is 1.23 bits per heavy atom. The average Bonchev–Trinajstić information content (AvgIpc) is 2.10. The van der Waals surface area contributed by atoms with E-state index in [9.17, 15) is 0 Å². The van der Waals surface area contributed by atoms with Gasteiger partial charge in [-0.05, 0) is 26.9 Å². The van der Waals surface area contributed by atoms with E-state index in [2.05, 4.69) is 45.0 Å². The van der Waals surface area contributed by atoms with E-state index in [-0.39, 0.29) is 0 Å². The van der Waals surface area contributed by atoms with Crippen LogP contribution < -0.4 is 5.32 Å². The quantitative estimate of drug-likeness (QED) is 0.655. The van der Waals surface area contributed by atoms with Crippen LogP contribution in [-0.2, 0) is 0 Å². The summed E-state index contributed by atoms with van der Waals surface area (Å²) in [6, 6.07) is 1.25. The molecule has 13 heavy (non-hydrogen) atoms. The van der Waals surface area contributed by atoms with Crippen molar-refractivity contribution in [2.45, 2.75) is 52.6 Å². The van der Waals surface area contributed by atoms with Crippen molar-refractivity contribution >= 4 is 0 Å². The highest BCUT2D eigenvalue weighted by Gasteiger charge is 2.07. The minimum absolute atomic E-state index is 0.599. The van der Waals surface area contributed by atoms with Gasteiger partial charge in [0, 0.05) is 18.6 Å². The van der Waals surface area contributed by atoms with Gasteiger partial charge in [-0.15, -0.1) is 0 Å². The minimum Gasteiger partial charge on any atom is -0.313 e. The highest BCUT2D eigenvalue weighted by Crippen LogP contribution is 1.98. The van der Waals surface area contributed by atoms with Gasteiger partial charge in [-0.2, -0.15) is 0 Å². The monoisotopic (exact) mass is 186 g/mol. The van der Waals surface area contributed by atoms with E-state index < -0.39 is 0 Å². The van der Waals surface area contributed by atoms with E-state index in [0.29, 0.717) is 12.1 Å². The highest BCUT2D eigenvalue weighted by molar-refractivity contribution is 4.67. The molecule has 0 aromatic carbocycles. The molecule has 0 aliphatic carbocycles. The van der Waals surface area contributed by atoms with Crippen molar-refractivity contribution in [2.24, 2.45) is 0 Å². The second-order valence-corrected chi connectivity index (χ2v) is 4.25. The van der Waals surface area contributed by atoms with Crippen molar-refractivity contribution in [3.63, 3.8) is 0 Å². The largest absolute Gasteiger partial charge is 0.313 e. The second-order valence-electron chi connectivity index (χ2n) is 4.25. The van der Waals surface area contributed by atoms with E-state index in [0.717, 1.165) is 6.54 Å². The molecule has 1 N–H and O–H groups in total. The Kier molecular flexibility index (Phi) is 7.29. The third-order valence-corrected chi connectivity index (χ3v) is 2.44. The average molecular weight is 186 g/mol. The molecular formula is C11H26N2. The lowest BCUT2D eigenvalue weighted by atomic mass is 10.2. The molecule has 0 bridgehead atoms. The van der Waals surface area contributed by atoms with Gasteiger partial charge in [0.1, 0.15) is 0 Å². The van der Waals surface area contributed by atoms with E-state index in [4.69, 9.17) is 0 Å². The zero-order valence-corrected chi connectivity index (χ0v) is 9.93. The van der Waals surface area contributed by atoms with Crippen molar-refractivity contribution in [3.05, 3.63) is 0 Å². The zero-order valence-electron chi connectivity index (χ0n) is 9.93. The predicted molar refractivity (Wildman–Crippen MR) is 60.1 cm³/mol. The molecule has 0 spiro atoms. The molecule has 1 atom stereocenters. The van der Waals surface area contributed by atoms with Crippen LogP contribution in [-0.4, -0.2) is 37.1 Å². The standard InChI is InChI=1S/C11H26N2/c1-6-7-8-13(5)11(4)9-12-10(2)3/h10-12H,6-9H2,1-5H3. The smallest absolute Gasteiger partial charge is 0.0189 e. The second kappa shape index (κ2) is 7.34. The summed E-state index contributed by atoms with van der Waals surface area (Å²) < 4.78 is 0. The molecule has 0 aromatic rings. The van der Waals surface area contributed by atoms with Crippen LogP contribution in [0.3, 0.4) is 0 Å². The third kappa shape index (κ3) is 7.03. The van der Waals surface area contributed by atoms with Gasteiger partial charge >= 0.3 is 0 Å². The van der Waals surface area contributed by atoms with Gasteiger partial charge in [-0.3, -0.25) is 0 Å². The predicted octanol–water partition coefficient (Wildman–Crippen LogP) is 2.10. The lowest BCUT2D eigenvalue weighted by Gasteiger charge is -2.25. The van der Waals surface area contributed by atoms with Crippen LogP contribution in [0.15, 0.2) is 0 Å². The lowest BCUT2D eigenvalue weighted by molar-refractivity contribution is 0.244. The summed E-state index contributed by atoms with van der Waals surface area (Å²) in [4.78, 5) is 2.43. The molecule has 80 valence electrons. The van der Waals surface area contributed by atoms with Gasteiger partial charge in [0.05, 0.1) is 0 Å². The van der Waals surface area contributed by atoms with Crippen molar-refractivity contribution < 1.29 is 0 Å². The molecule has 0 heterocycles. The fraction of sp³-hybridized carbons (Fsp3) is 1.00. The Labute approximate surface area is 83.7 Å². The molecule has 1 unspecified atom stereocenters. The SMILES string of the molecule is CCCCN(C)C(C)CNC(C)C. The number of nitrogens with zero attached hydrogens (tertiary/aromatic N) is 1.